The molecule has 5 nitrogen and oxygen atoms in total. The molecule has 116 valence electrons. The Morgan fingerprint density at radius 2 is 1.67 bits per heavy atom. The smallest absolute Gasteiger partial charge is 0.243 e. The van der Waals surface area contributed by atoms with Gasteiger partial charge in [0.1, 0.15) is 0 Å². The molecule has 1 aromatic carbocycles. The molecular formula is C16H24N2O3. The van der Waals surface area contributed by atoms with Gasteiger partial charge < -0.3 is 5.32 Å². The van der Waals surface area contributed by atoms with Crippen LogP contribution >= 0.6 is 0 Å². The maximum Gasteiger partial charge on any atom is 0.243 e. The quantitative estimate of drug-likeness (QED) is 0.510. The van der Waals surface area contributed by atoms with E-state index in [1.165, 1.54) is 12.1 Å². The van der Waals surface area contributed by atoms with Gasteiger partial charge in [-0.05, 0) is 49.9 Å². The standard InChI is InChI=1S/C16H24N2O3/c1-12-9-10-14(11-13(12)2)17-15(19)7-5-3-4-6-8-16(20)18-21/h9-11,21H,3-8H2,1-2H3,(H,17,19)(H,18,20)/i3D2,4D2,5D2,6D2,7D2,8D2. The normalized spacial score (nSPS) is 22.8. The van der Waals surface area contributed by atoms with Crippen molar-refractivity contribution in [2.45, 2.75) is 52.1 Å². The highest BCUT2D eigenvalue weighted by atomic mass is 16.5. The predicted octanol–water partition coefficient (Wildman–Crippen LogP) is 3.09. The van der Waals surface area contributed by atoms with Gasteiger partial charge in [-0.25, -0.2) is 5.48 Å². The van der Waals surface area contributed by atoms with Crippen LogP contribution in [0.2, 0.25) is 0 Å². The molecule has 0 atom stereocenters. The van der Waals surface area contributed by atoms with Gasteiger partial charge >= 0.3 is 0 Å². The topological polar surface area (TPSA) is 78.4 Å². The van der Waals surface area contributed by atoms with Gasteiger partial charge in [0, 0.05) is 34.9 Å². The van der Waals surface area contributed by atoms with E-state index in [0.29, 0.717) is 5.56 Å². The lowest BCUT2D eigenvalue weighted by Crippen LogP contribution is -2.17. The molecular weight excluding hydrogens is 268 g/mol. The molecule has 0 radical (unpaired) electrons. The van der Waals surface area contributed by atoms with E-state index in [2.05, 4.69) is 5.32 Å². The van der Waals surface area contributed by atoms with Crippen LogP contribution < -0.4 is 10.8 Å². The number of amides is 2. The molecule has 0 aromatic heterocycles. The minimum absolute atomic E-state index is 0.0395. The third kappa shape index (κ3) is 6.90. The lowest BCUT2D eigenvalue weighted by Gasteiger charge is -2.07. The summed E-state index contributed by atoms with van der Waals surface area (Å²) >= 11 is 0. The van der Waals surface area contributed by atoms with Crippen LogP contribution in [0.25, 0.3) is 0 Å². The molecule has 2 amide bonds. The molecule has 0 aliphatic carbocycles. The van der Waals surface area contributed by atoms with E-state index in [1.807, 2.05) is 0 Å². The SMILES string of the molecule is [2H]C([2H])(C(=O)NO)C([2H])([2H])C([2H])([2H])C([2H])([2H])C([2H])([2H])C([2H])([2H])C(=O)Nc1ccc(C)c(C)c1. The molecule has 21 heavy (non-hydrogen) atoms. The Morgan fingerprint density at radius 1 is 1.05 bits per heavy atom. The highest BCUT2D eigenvalue weighted by molar-refractivity contribution is 5.90. The Bertz CT molecular complexity index is 933. The first-order valence-corrected chi connectivity index (χ1v) is 5.87. The van der Waals surface area contributed by atoms with Crippen molar-refractivity contribution in [1.82, 2.24) is 5.48 Å². The van der Waals surface area contributed by atoms with Gasteiger partial charge in [-0.1, -0.05) is 18.8 Å². The Morgan fingerprint density at radius 3 is 2.24 bits per heavy atom. The molecule has 0 aliphatic rings. The van der Waals surface area contributed by atoms with Crippen molar-refractivity contribution in [2.75, 3.05) is 5.32 Å². The summed E-state index contributed by atoms with van der Waals surface area (Å²) in [7, 11) is 0. The average Bonchev–Trinajstić information content (AvgIpc) is 2.69. The fourth-order valence-corrected chi connectivity index (χ4v) is 1.25. The van der Waals surface area contributed by atoms with Crippen LogP contribution in [0.1, 0.15) is 65.8 Å². The number of hydrogen-bond acceptors (Lipinski definition) is 3. The molecule has 1 aromatic rings. The van der Waals surface area contributed by atoms with Gasteiger partial charge in [0.05, 0.1) is 0 Å². The van der Waals surface area contributed by atoms with Gasteiger partial charge in [-0.15, -0.1) is 0 Å². The van der Waals surface area contributed by atoms with Crippen molar-refractivity contribution in [3.63, 3.8) is 0 Å². The highest BCUT2D eigenvalue weighted by Crippen LogP contribution is 2.15. The number of benzene rings is 1. The molecule has 3 N–H and O–H groups in total. The van der Waals surface area contributed by atoms with Crippen LogP contribution in [0.5, 0.6) is 0 Å². The fraction of sp³-hybridized carbons (Fsp3) is 0.500. The van der Waals surface area contributed by atoms with Crippen LogP contribution in [0.3, 0.4) is 0 Å². The maximum absolute atomic E-state index is 12.6. The Hall–Kier alpha value is -1.88. The summed E-state index contributed by atoms with van der Waals surface area (Å²) in [5.41, 5.74) is 2.35. The van der Waals surface area contributed by atoms with Crippen molar-refractivity contribution < 1.29 is 31.2 Å². The first-order valence-electron chi connectivity index (χ1n) is 11.9. The van der Waals surface area contributed by atoms with Crippen molar-refractivity contribution in [2.24, 2.45) is 0 Å². The zero-order valence-corrected chi connectivity index (χ0v) is 11.5. The van der Waals surface area contributed by atoms with E-state index in [4.69, 9.17) is 21.7 Å². The second-order valence-corrected chi connectivity index (χ2v) is 3.94. The summed E-state index contributed by atoms with van der Waals surface area (Å²) in [6.45, 7) is 3.45. The zero-order valence-electron chi connectivity index (χ0n) is 23.5. The van der Waals surface area contributed by atoms with E-state index in [1.54, 1.807) is 19.9 Å². The summed E-state index contributed by atoms with van der Waals surface area (Å²) in [4.78, 5) is 24.1. The van der Waals surface area contributed by atoms with E-state index in [9.17, 15) is 9.59 Å². The van der Waals surface area contributed by atoms with Crippen molar-refractivity contribution in [1.29, 1.82) is 0 Å². The fourth-order valence-electron chi connectivity index (χ4n) is 1.25. The largest absolute Gasteiger partial charge is 0.326 e. The molecule has 0 heterocycles. The lowest BCUT2D eigenvalue weighted by molar-refractivity contribution is -0.129. The molecule has 0 spiro atoms. The van der Waals surface area contributed by atoms with Crippen LogP contribution in [-0.2, 0) is 9.59 Å². The minimum atomic E-state index is -4.24. The lowest BCUT2D eigenvalue weighted by atomic mass is 10.1. The van der Waals surface area contributed by atoms with Crippen LogP contribution in [-0.4, -0.2) is 17.0 Å². The van der Waals surface area contributed by atoms with Gasteiger partial charge in [0.15, 0.2) is 0 Å². The van der Waals surface area contributed by atoms with Crippen LogP contribution in [0.4, 0.5) is 5.69 Å². The number of aryl methyl sites for hydroxylation is 2. The Kier molecular flexibility index (Phi) is 2.82. The highest BCUT2D eigenvalue weighted by Gasteiger charge is 2.04. The van der Waals surface area contributed by atoms with Gasteiger partial charge in [-0.2, -0.15) is 0 Å². The number of anilines is 1. The van der Waals surface area contributed by atoms with Gasteiger partial charge in [-0.3, -0.25) is 14.8 Å². The zero-order chi connectivity index (χ0) is 26.4. The Labute approximate surface area is 142 Å². The van der Waals surface area contributed by atoms with E-state index >= 15 is 0 Å². The molecule has 5 heteroatoms. The summed E-state index contributed by atoms with van der Waals surface area (Å²) in [5.74, 6) is -3.78. The summed E-state index contributed by atoms with van der Waals surface area (Å²) in [6.07, 6.45) is -24.4. The van der Waals surface area contributed by atoms with Crippen molar-refractivity contribution in [3.8, 4) is 0 Å². The molecule has 0 saturated heterocycles. The van der Waals surface area contributed by atoms with Crippen molar-refractivity contribution >= 4 is 17.5 Å². The third-order valence-electron chi connectivity index (χ3n) is 2.41. The first kappa shape index (κ1) is 6.48. The summed E-state index contributed by atoms with van der Waals surface area (Å²) in [5, 5.41) is 10.7. The summed E-state index contributed by atoms with van der Waals surface area (Å²) < 4.78 is 94.0. The number of carbonyl (C=O) groups is 2. The molecule has 0 fully saturated rings. The molecule has 0 saturated carbocycles. The predicted molar refractivity (Wildman–Crippen MR) is 82.2 cm³/mol. The molecule has 0 bridgehead atoms. The van der Waals surface area contributed by atoms with Crippen LogP contribution in [0, 0.1) is 13.8 Å². The number of rotatable bonds is 8. The van der Waals surface area contributed by atoms with E-state index in [0.717, 1.165) is 11.0 Å². The number of nitrogens with one attached hydrogen (secondary N) is 2. The minimum Gasteiger partial charge on any atom is -0.326 e. The van der Waals surface area contributed by atoms with Crippen molar-refractivity contribution in [3.05, 3.63) is 29.3 Å². The number of hydroxylamine groups is 1. The monoisotopic (exact) mass is 304 g/mol. The second kappa shape index (κ2) is 9.13. The Balaban J connectivity index is 3.47. The summed E-state index contributed by atoms with van der Waals surface area (Å²) in [6, 6.07) is 4.39. The number of carbonyl (C=O) groups excluding carboxylic acids is 2. The van der Waals surface area contributed by atoms with E-state index < -0.39 is 50.1 Å². The molecule has 0 unspecified atom stereocenters. The molecule has 1 rings (SSSR count). The van der Waals surface area contributed by atoms with Gasteiger partial charge in [0.25, 0.3) is 0 Å². The third-order valence-corrected chi connectivity index (χ3v) is 2.41. The maximum atomic E-state index is 12.6. The average molecular weight is 304 g/mol. The number of hydrogen-bond donors (Lipinski definition) is 3. The second-order valence-electron chi connectivity index (χ2n) is 3.94. The first-order chi connectivity index (χ1) is 14.5. The molecule has 0 aliphatic heterocycles. The van der Waals surface area contributed by atoms with Crippen LogP contribution in [0.15, 0.2) is 18.2 Å². The van der Waals surface area contributed by atoms with E-state index in [-0.39, 0.29) is 5.69 Å². The van der Waals surface area contributed by atoms with Gasteiger partial charge in [0.2, 0.25) is 11.8 Å².